The molecule has 2 amide bonds. The van der Waals surface area contributed by atoms with Crippen LogP contribution in [0.3, 0.4) is 0 Å². The number of amides is 2. The number of nitrogens with zero attached hydrogens (tertiary/aromatic N) is 6. The zero-order valence-corrected chi connectivity index (χ0v) is 42.2. The van der Waals surface area contributed by atoms with Crippen LogP contribution in [0.15, 0.2) is 91.5 Å². The number of likely N-dealkylation sites (tertiary alicyclic amines) is 1. The predicted molar refractivity (Wildman–Crippen MR) is 266 cm³/mol. The minimum absolute atomic E-state index is 0.116. The summed E-state index contributed by atoms with van der Waals surface area (Å²) in [6.07, 6.45) is 8.55. The highest BCUT2D eigenvalue weighted by Gasteiger charge is 2.50. The van der Waals surface area contributed by atoms with Gasteiger partial charge in [-0.15, -0.1) is 0 Å². The van der Waals surface area contributed by atoms with E-state index < -0.39 is 23.3 Å². The molecular formula is C51H66Cl2N6O11. The summed E-state index contributed by atoms with van der Waals surface area (Å²) in [7, 11) is 2.72. The molecule has 19 heteroatoms. The van der Waals surface area contributed by atoms with Crippen LogP contribution in [-0.4, -0.2) is 139 Å². The summed E-state index contributed by atoms with van der Waals surface area (Å²) in [5, 5.41) is 9.07. The van der Waals surface area contributed by atoms with Gasteiger partial charge in [-0.05, 0) is 67.8 Å². The molecule has 0 spiro atoms. The second-order valence-corrected chi connectivity index (χ2v) is 17.9. The van der Waals surface area contributed by atoms with Gasteiger partial charge in [0.2, 0.25) is 17.6 Å². The molecular weight excluding hydrogens is 943 g/mol. The first kappa shape index (κ1) is 55.2. The number of piperidine rings is 1. The molecule has 2 atom stereocenters. The van der Waals surface area contributed by atoms with E-state index in [2.05, 4.69) is 19.5 Å². The molecule has 3 aromatic carbocycles. The summed E-state index contributed by atoms with van der Waals surface area (Å²) < 4.78 is 30.4. The molecule has 0 bridgehead atoms. The van der Waals surface area contributed by atoms with E-state index in [1.807, 2.05) is 83.3 Å². The Morgan fingerprint density at radius 3 is 2.14 bits per heavy atom. The number of benzene rings is 3. The Kier molecular flexibility index (Phi) is 21.3. The smallest absolute Gasteiger partial charge is 0.332 e. The fourth-order valence-corrected chi connectivity index (χ4v) is 9.05. The van der Waals surface area contributed by atoms with Crippen molar-refractivity contribution in [2.24, 2.45) is 0 Å². The van der Waals surface area contributed by atoms with Gasteiger partial charge in [-0.1, -0.05) is 67.7 Å². The molecule has 70 heavy (non-hydrogen) atoms. The number of aliphatic carboxylic acids is 1. The molecule has 17 nitrogen and oxygen atoms in total. The minimum atomic E-state index is -1.08. The second kappa shape index (κ2) is 27.0. The third-order valence-electron chi connectivity index (χ3n) is 12.4. The summed E-state index contributed by atoms with van der Waals surface area (Å²) >= 11 is 12.7. The van der Waals surface area contributed by atoms with Crippen LogP contribution in [0.4, 0.5) is 11.4 Å². The number of para-hydroxylation sites is 1. The number of carboxylic acid groups (broad SMARTS) is 1. The van der Waals surface area contributed by atoms with Crippen LogP contribution in [0.25, 0.3) is 0 Å². The van der Waals surface area contributed by atoms with Crippen molar-refractivity contribution in [1.82, 2.24) is 19.4 Å². The van der Waals surface area contributed by atoms with Crippen LogP contribution in [0, 0.1) is 0 Å². The molecule has 3 fully saturated rings. The van der Waals surface area contributed by atoms with Crippen molar-refractivity contribution in [3.63, 3.8) is 0 Å². The van der Waals surface area contributed by atoms with Gasteiger partial charge in [-0.25, -0.2) is 9.78 Å². The Morgan fingerprint density at radius 1 is 0.886 bits per heavy atom. The first-order chi connectivity index (χ1) is 33.7. The van der Waals surface area contributed by atoms with Gasteiger partial charge >= 0.3 is 17.9 Å². The third kappa shape index (κ3) is 15.1. The predicted octanol–water partition coefficient (Wildman–Crippen LogP) is 7.47. The number of methoxy groups -OCH3 is 2. The zero-order chi connectivity index (χ0) is 50.7. The van der Waals surface area contributed by atoms with E-state index in [1.165, 1.54) is 14.2 Å². The lowest BCUT2D eigenvalue weighted by molar-refractivity contribution is -0.189. The van der Waals surface area contributed by atoms with Crippen molar-refractivity contribution >= 4 is 64.3 Å². The normalized spacial score (nSPS) is 18.6. The minimum Gasteiger partial charge on any atom is -0.491 e. The lowest BCUT2D eigenvalue weighted by atomic mass is 9.84. The standard InChI is InChI=1S/C26H28Cl2N4O4.C20H28N2O5.C5H10O2/c1-19(33)31-10-12-32(13-11-31)21-3-5-22(6-4-21)34-15-23-16-35-26(36-23,17-30-9-8-29-18-30)24-7-2-20(27)14-25(24)28;1-4-17(23)22(16-8-6-5-7-9-16)20(19(25)27-3)11-14-21(15-12-20)13-10-18(24)26-2;1-2-3-4-5(6)7/h2-9,14,18,23H,10-13,15-17H2,1H3;5-9H,4,10-15H2,1-3H3;2-4H2,1H3,(H,6,7)/t23-,26-;;/m0../s1. The Morgan fingerprint density at radius 2 is 1.59 bits per heavy atom. The summed E-state index contributed by atoms with van der Waals surface area (Å²) in [6.45, 7) is 11.3. The fraction of sp³-hybridized carbons (Fsp3) is 0.490. The molecule has 3 saturated heterocycles. The monoisotopic (exact) mass is 1010 g/mol. The first-order valence-electron chi connectivity index (χ1n) is 23.6. The number of carbonyl (C=O) groups excluding carboxylic acids is 4. The molecule has 4 heterocycles. The summed E-state index contributed by atoms with van der Waals surface area (Å²) in [4.78, 5) is 70.3. The van der Waals surface area contributed by atoms with Gasteiger partial charge in [0.05, 0.1) is 45.1 Å². The largest absolute Gasteiger partial charge is 0.491 e. The van der Waals surface area contributed by atoms with Crippen molar-refractivity contribution in [2.75, 3.05) is 83.0 Å². The highest BCUT2D eigenvalue weighted by molar-refractivity contribution is 6.35. The number of unbranched alkanes of at least 4 members (excludes halogenated alkanes) is 1. The number of carboxylic acids is 1. The molecule has 3 aliphatic rings. The Hall–Kier alpha value is -5.72. The molecule has 0 saturated carbocycles. The topological polar surface area (TPSA) is 183 Å². The van der Waals surface area contributed by atoms with Gasteiger partial charge in [0.15, 0.2) is 0 Å². The Balaban J connectivity index is 0.000000237. The number of imidazole rings is 1. The van der Waals surface area contributed by atoms with Crippen LogP contribution in [0.2, 0.25) is 10.0 Å². The van der Waals surface area contributed by atoms with E-state index in [-0.39, 0.29) is 23.9 Å². The SMILES string of the molecule is CC(=O)N1CCN(c2ccc(OC[C@H]3CO[C@](Cn4ccnc4)(c4ccc(Cl)cc4Cl)O3)cc2)CC1.CCC(=O)N(c1ccccc1)C1(C(=O)OC)CCN(CCC(=O)OC)CC1.CCCCC(=O)O. The van der Waals surface area contributed by atoms with Gasteiger partial charge in [-0.2, -0.15) is 0 Å². The van der Waals surface area contributed by atoms with Crippen molar-refractivity contribution in [1.29, 1.82) is 0 Å². The van der Waals surface area contributed by atoms with E-state index in [4.69, 9.17) is 47.3 Å². The number of halogens is 2. The van der Waals surface area contributed by atoms with Crippen LogP contribution < -0.4 is 14.5 Å². The molecule has 0 radical (unpaired) electrons. The lowest BCUT2D eigenvalue weighted by Crippen LogP contribution is -2.62. The lowest BCUT2D eigenvalue weighted by Gasteiger charge is -2.46. The Bertz CT molecular complexity index is 2290. The molecule has 0 unspecified atom stereocenters. The van der Waals surface area contributed by atoms with Crippen LogP contribution in [-0.2, 0) is 55.3 Å². The number of hydrogen-bond acceptors (Lipinski definition) is 13. The highest BCUT2D eigenvalue weighted by atomic mass is 35.5. The quantitative estimate of drug-likeness (QED) is 0.103. The number of ether oxygens (including phenoxy) is 5. The van der Waals surface area contributed by atoms with Crippen molar-refractivity contribution < 1.29 is 52.8 Å². The van der Waals surface area contributed by atoms with E-state index >= 15 is 0 Å². The number of piperazine rings is 1. The van der Waals surface area contributed by atoms with Crippen LogP contribution in [0.5, 0.6) is 5.75 Å². The van der Waals surface area contributed by atoms with Gasteiger partial charge in [0.1, 0.15) is 24.0 Å². The summed E-state index contributed by atoms with van der Waals surface area (Å²) in [5.41, 5.74) is 1.48. The zero-order valence-electron chi connectivity index (χ0n) is 40.7. The molecule has 0 aliphatic carbocycles. The average molecular weight is 1010 g/mol. The van der Waals surface area contributed by atoms with E-state index in [0.717, 1.165) is 50.5 Å². The Labute approximate surface area is 420 Å². The summed E-state index contributed by atoms with van der Waals surface area (Å²) in [6, 6.07) is 22.5. The number of esters is 2. The fourth-order valence-electron chi connectivity index (χ4n) is 8.50. The molecule has 380 valence electrons. The maximum atomic E-state index is 12.8. The number of carbonyl (C=O) groups is 5. The number of rotatable bonds is 17. The maximum Gasteiger partial charge on any atom is 0.332 e. The number of hydrogen-bond donors (Lipinski definition) is 1. The highest BCUT2D eigenvalue weighted by Crippen LogP contribution is 2.41. The number of aromatic nitrogens is 2. The molecule has 4 aromatic rings. The molecule has 7 rings (SSSR count). The molecule has 3 aliphatic heterocycles. The van der Waals surface area contributed by atoms with Crippen molar-refractivity contribution in [2.45, 2.75) is 89.7 Å². The third-order valence-corrected chi connectivity index (χ3v) is 12.9. The van der Waals surface area contributed by atoms with Gasteiger partial charge in [-0.3, -0.25) is 24.1 Å². The average Bonchev–Trinajstić information content (AvgIpc) is 4.05. The van der Waals surface area contributed by atoms with Gasteiger partial charge < -0.3 is 48.1 Å². The van der Waals surface area contributed by atoms with Crippen molar-refractivity contribution in [3.8, 4) is 5.75 Å². The first-order valence-corrected chi connectivity index (χ1v) is 24.4. The molecule has 1 N–H and O–H groups in total. The van der Waals surface area contributed by atoms with Gasteiger partial charge in [0, 0.05) is 99.9 Å². The van der Waals surface area contributed by atoms with Crippen molar-refractivity contribution in [3.05, 3.63) is 107 Å². The molecule has 1 aromatic heterocycles. The van der Waals surface area contributed by atoms with E-state index in [1.54, 1.807) is 43.4 Å². The van der Waals surface area contributed by atoms with E-state index in [0.29, 0.717) is 92.8 Å². The van der Waals surface area contributed by atoms with Crippen LogP contribution >= 0.6 is 23.2 Å². The second-order valence-electron chi connectivity index (χ2n) is 17.1. The van der Waals surface area contributed by atoms with Crippen LogP contribution in [0.1, 0.15) is 71.3 Å². The number of anilines is 2. The summed E-state index contributed by atoms with van der Waals surface area (Å²) in [5.74, 6) is -1.67. The van der Waals surface area contributed by atoms with Gasteiger partial charge in [0.25, 0.3) is 0 Å². The maximum absolute atomic E-state index is 12.8. The van der Waals surface area contributed by atoms with E-state index in [9.17, 15) is 24.0 Å².